The lowest BCUT2D eigenvalue weighted by Gasteiger charge is -2.21. The van der Waals surface area contributed by atoms with Crippen LogP contribution in [0.1, 0.15) is 23.2 Å². The fourth-order valence-corrected chi connectivity index (χ4v) is 3.90. The van der Waals surface area contributed by atoms with Crippen molar-refractivity contribution in [2.75, 3.05) is 31.2 Å². The molecule has 4 rings (SSSR count). The molecule has 2 atom stereocenters. The van der Waals surface area contributed by atoms with E-state index >= 15 is 0 Å². The van der Waals surface area contributed by atoms with E-state index in [0.29, 0.717) is 19.1 Å². The van der Waals surface area contributed by atoms with Gasteiger partial charge in [0.25, 0.3) is 0 Å². The molecule has 9 heteroatoms. The molecule has 0 amide bonds. The lowest BCUT2D eigenvalue weighted by Crippen LogP contribution is -2.30. The molecule has 1 saturated carbocycles. The predicted octanol–water partition coefficient (Wildman–Crippen LogP) is 2.33. The van der Waals surface area contributed by atoms with E-state index in [9.17, 15) is 27.9 Å². The number of carboxylic acids is 1. The van der Waals surface area contributed by atoms with Crippen LogP contribution in [-0.2, 0) is 6.54 Å². The number of fused-ring (bicyclic) bond motifs is 1. The molecule has 2 N–H and O–H groups in total. The highest BCUT2D eigenvalue weighted by Crippen LogP contribution is 2.31. The summed E-state index contributed by atoms with van der Waals surface area (Å²) in [5.41, 5.74) is -1.02. The highest BCUT2D eigenvalue weighted by Gasteiger charge is 2.35. The zero-order chi connectivity index (χ0) is 20.7. The quantitative estimate of drug-likeness (QED) is 0.734. The zero-order valence-corrected chi connectivity index (χ0v) is 15.7. The van der Waals surface area contributed by atoms with Crippen LogP contribution in [0.2, 0.25) is 0 Å². The molecule has 1 aromatic carbocycles. The van der Waals surface area contributed by atoms with Gasteiger partial charge >= 0.3 is 5.97 Å². The van der Waals surface area contributed by atoms with Gasteiger partial charge in [0.1, 0.15) is 24.2 Å². The van der Waals surface area contributed by atoms with Crippen LogP contribution in [0.15, 0.2) is 23.1 Å². The standard InChI is InChI=1S/C20H22F3N3O3/c21-3-4-25-9-14(20(28)29)19(27)13-5-15(22)18(6-17(13)25)26-8-11(16(23)10-26)7-24-12-1-2-12/h5-6,9,11-12,16,24H,1-4,7-8,10H2,(H,28,29)/t11-,16-/m1/s1. The Morgan fingerprint density at radius 3 is 2.69 bits per heavy atom. The van der Waals surface area contributed by atoms with Crippen molar-refractivity contribution in [3.05, 3.63) is 39.9 Å². The molecule has 0 radical (unpaired) electrons. The van der Waals surface area contributed by atoms with Gasteiger partial charge in [0.15, 0.2) is 0 Å². The Kier molecular flexibility index (Phi) is 5.24. The maximum Gasteiger partial charge on any atom is 0.341 e. The summed E-state index contributed by atoms with van der Waals surface area (Å²) in [7, 11) is 0. The predicted molar refractivity (Wildman–Crippen MR) is 103 cm³/mol. The molecule has 2 fully saturated rings. The van der Waals surface area contributed by atoms with Crippen molar-refractivity contribution in [2.45, 2.75) is 31.6 Å². The van der Waals surface area contributed by atoms with Crippen LogP contribution in [0, 0.1) is 11.7 Å². The number of carbonyl (C=O) groups is 1. The van der Waals surface area contributed by atoms with Crippen molar-refractivity contribution in [1.82, 2.24) is 9.88 Å². The van der Waals surface area contributed by atoms with Crippen LogP contribution in [0.3, 0.4) is 0 Å². The van der Waals surface area contributed by atoms with E-state index in [1.807, 2.05) is 0 Å². The van der Waals surface area contributed by atoms with Gasteiger partial charge in [-0.1, -0.05) is 0 Å². The van der Waals surface area contributed by atoms with Crippen LogP contribution >= 0.6 is 0 Å². The van der Waals surface area contributed by atoms with Gasteiger partial charge < -0.3 is 19.9 Å². The average molecular weight is 409 g/mol. The number of anilines is 1. The van der Waals surface area contributed by atoms with Crippen LogP contribution in [0.25, 0.3) is 10.9 Å². The van der Waals surface area contributed by atoms with Gasteiger partial charge in [0.05, 0.1) is 17.7 Å². The summed E-state index contributed by atoms with van der Waals surface area (Å²) < 4.78 is 43.6. The normalized spacial score (nSPS) is 21.8. The van der Waals surface area contributed by atoms with Crippen LogP contribution in [0.4, 0.5) is 18.9 Å². The number of aryl methyl sites for hydroxylation is 1. The van der Waals surface area contributed by atoms with Gasteiger partial charge in [-0.3, -0.25) is 4.79 Å². The molecule has 6 nitrogen and oxygen atoms in total. The van der Waals surface area contributed by atoms with Crippen molar-refractivity contribution in [3.8, 4) is 0 Å². The Morgan fingerprint density at radius 1 is 1.28 bits per heavy atom. The number of rotatable bonds is 7. The third-order valence-electron chi connectivity index (χ3n) is 5.65. The number of benzene rings is 1. The summed E-state index contributed by atoms with van der Waals surface area (Å²) >= 11 is 0. The first-order valence-corrected chi connectivity index (χ1v) is 9.67. The first-order valence-electron chi connectivity index (χ1n) is 9.67. The summed E-state index contributed by atoms with van der Waals surface area (Å²) in [5.74, 6) is -2.46. The number of alkyl halides is 2. The Morgan fingerprint density at radius 2 is 2.03 bits per heavy atom. The number of aromatic nitrogens is 1. The van der Waals surface area contributed by atoms with E-state index in [1.165, 1.54) is 10.6 Å². The number of hydrogen-bond acceptors (Lipinski definition) is 4. The summed E-state index contributed by atoms with van der Waals surface area (Å²) in [5, 5.41) is 12.4. The van der Waals surface area contributed by atoms with E-state index in [1.54, 1.807) is 4.90 Å². The minimum absolute atomic E-state index is 0.0278. The molecule has 0 spiro atoms. The number of carboxylic acid groups (broad SMARTS) is 1. The summed E-state index contributed by atoms with van der Waals surface area (Å²) in [6, 6.07) is 2.81. The second-order valence-electron chi connectivity index (χ2n) is 7.74. The van der Waals surface area contributed by atoms with Crippen LogP contribution < -0.4 is 15.6 Å². The monoisotopic (exact) mass is 409 g/mol. The number of hydrogen-bond donors (Lipinski definition) is 2. The Labute approximate surface area is 164 Å². The third kappa shape index (κ3) is 3.83. The lowest BCUT2D eigenvalue weighted by atomic mass is 10.1. The average Bonchev–Trinajstić information content (AvgIpc) is 3.43. The summed E-state index contributed by atoms with van der Waals surface area (Å²) in [4.78, 5) is 25.3. The van der Waals surface area contributed by atoms with E-state index in [-0.39, 0.29) is 35.6 Å². The summed E-state index contributed by atoms with van der Waals surface area (Å²) in [6.07, 6.45) is 2.14. The number of nitrogens with one attached hydrogen (secondary N) is 1. The van der Waals surface area contributed by atoms with E-state index in [2.05, 4.69) is 5.32 Å². The van der Waals surface area contributed by atoms with Crippen LogP contribution in [0.5, 0.6) is 0 Å². The zero-order valence-electron chi connectivity index (χ0n) is 15.7. The molecular weight excluding hydrogens is 387 g/mol. The molecular formula is C20H22F3N3O3. The van der Waals surface area contributed by atoms with Gasteiger partial charge in [-0.2, -0.15) is 0 Å². The Bertz CT molecular complexity index is 1010. The second-order valence-corrected chi connectivity index (χ2v) is 7.74. The van der Waals surface area contributed by atoms with E-state index in [0.717, 1.165) is 25.1 Å². The maximum atomic E-state index is 14.8. The number of aromatic carboxylic acids is 1. The molecule has 1 aromatic heterocycles. The minimum Gasteiger partial charge on any atom is -0.477 e. The van der Waals surface area contributed by atoms with Gasteiger partial charge in [-0.05, 0) is 25.0 Å². The number of halogens is 3. The lowest BCUT2D eigenvalue weighted by molar-refractivity contribution is 0.0694. The molecule has 1 saturated heterocycles. The van der Waals surface area contributed by atoms with Crippen molar-refractivity contribution in [3.63, 3.8) is 0 Å². The Balaban J connectivity index is 1.71. The molecule has 156 valence electrons. The largest absolute Gasteiger partial charge is 0.477 e. The van der Waals surface area contributed by atoms with Crippen molar-refractivity contribution >= 4 is 22.6 Å². The maximum absolute atomic E-state index is 14.8. The molecule has 2 aliphatic rings. The highest BCUT2D eigenvalue weighted by molar-refractivity contribution is 5.93. The van der Waals surface area contributed by atoms with Crippen molar-refractivity contribution in [1.29, 1.82) is 0 Å². The Hall–Kier alpha value is -2.55. The van der Waals surface area contributed by atoms with Gasteiger partial charge in [0, 0.05) is 43.2 Å². The van der Waals surface area contributed by atoms with E-state index in [4.69, 9.17) is 0 Å². The first kappa shape index (κ1) is 19.8. The second kappa shape index (κ2) is 7.70. The fraction of sp³-hybridized carbons (Fsp3) is 0.500. The molecule has 29 heavy (non-hydrogen) atoms. The molecule has 1 aliphatic heterocycles. The van der Waals surface area contributed by atoms with Crippen LogP contribution in [-0.4, -0.2) is 54.2 Å². The minimum atomic E-state index is -1.46. The molecule has 2 aromatic rings. The smallest absolute Gasteiger partial charge is 0.341 e. The van der Waals surface area contributed by atoms with Gasteiger partial charge in [0.2, 0.25) is 5.43 Å². The topological polar surface area (TPSA) is 74.6 Å². The third-order valence-corrected chi connectivity index (χ3v) is 5.65. The highest BCUT2D eigenvalue weighted by atomic mass is 19.1. The molecule has 0 unspecified atom stereocenters. The van der Waals surface area contributed by atoms with Crippen molar-refractivity contribution < 1.29 is 23.1 Å². The van der Waals surface area contributed by atoms with Crippen molar-refractivity contribution in [2.24, 2.45) is 5.92 Å². The van der Waals surface area contributed by atoms with Gasteiger partial charge in [-0.25, -0.2) is 18.0 Å². The molecule has 2 heterocycles. The molecule has 0 bridgehead atoms. The SMILES string of the molecule is O=C(O)c1cn(CCF)c2cc(N3C[C@@H](CNC4CC4)[C@H](F)C3)c(F)cc2c1=O. The number of nitrogens with zero attached hydrogens (tertiary/aromatic N) is 2. The summed E-state index contributed by atoms with van der Waals surface area (Å²) in [6.45, 7) is -0.0906. The van der Waals surface area contributed by atoms with Gasteiger partial charge in [-0.15, -0.1) is 0 Å². The first-order chi connectivity index (χ1) is 13.9. The van der Waals surface area contributed by atoms with E-state index < -0.39 is 35.6 Å². The molecule has 1 aliphatic carbocycles. The number of pyridine rings is 1. The fourth-order valence-electron chi connectivity index (χ4n) is 3.90.